The van der Waals surface area contributed by atoms with E-state index >= 15 is 0 Å². The van der Waals surface area contributed by atoms with Crippen LogP contribution in [-0.2, 0) is 0 Å². The van der Waals surface area contributed by atoms with E-state index in [1.165, 1.54) is 12.4 Å². The van der Waals surface area contributed by atoms with Crippen LogP contribution in [0, 0.1) is 11.3 Å². The fourth-order valence-corrected chi connectivity index (χ4v) is 1.86. The molecular weight excluding hydrogens is 238 g/mol. The summed E-state index contributed by atoms with van der Waals surface area (Å²) < 4.78 is 0. The van der Waals surface area contributed by atoms with Gasteiger partial charge in [-0.1, -0.05) is 18.2 Å². The molecule has 1 aromatic carbocycles. The summed E-state index contributed by atoms with van der Waals surface area (Å²) in [5, 5.41) is 9.04. The largest absolute Gasteiger partial charge is 0.309 e. The lowest BCUT2D eigenvalue weighted by molar-refractivity contribution is 0.0987. The van der Waals surface area contributed by atoms with Crippen molar-refractivity contribution in [3.63, 3.8) is 0 Å². The van der Waals surface area contributed by atoms with Gasteiger partial charge in [-0.15, -0.1) is 0 Å². The summed E-state index contributed by atoms with van der Waals surface area (Å²) in [4.78, 5) is 18.0. The normalized spacial score (nSPS) is 9.68. The molecular formula is C15H13N3O. The first kappa shape index (κ1) is 12.8. The Morgan fingerprint density at radius 2 is 2.05 bits per heavy atom. The van der Waals surface area contributed by atoms with Gasteiger partial charge in [0, 0.05) is 24.6 Å². The highest BCUT2D eigenvalue weighted by Crippen LogP contribution is 2.17. The molecule has 0 aliphatic heterocycles. The highest BCUT2D eigenvalue weighted by Gasteiger charge is 2.19. The van der Waals surface area contributed by atoms with Gasteiger partial charge in [0.05, 0.1) is 11.1 Å². The quantitative estimate of drug-likeness (QED) is 0.842. The number of hydrogen-bond donors (Lipinski definition) is 0. The third kappa shape index (κ3) is 2.61. The van der Waals surface area contributed by atoms with E-state index in [-0.39, 0.29) is 5.91 Å². The van der Waals surface area contributed by atoms with E-state index in [1.54, 1.807) is 11.0 Å². The Kier molecular flexibility index (Phi) is 3.89. The molecule has 4 nitrogen and oxygen atoms in total. The fourth-order valence-electron chi connectivity index (χ4n) is 1.86. The minimum Gasteiger partial charge on any atom is -0.309 e. The van der Waals surface area contributed by atoms with Gasteiger partial charge >= 0.3 is 0 Å². The highest BCUT2D eigenvalue weighted by atomic mass is 16.2. The lowest BCUT2D eigenvalue weighted by Gasteiger charge is -2.21. The fraction of sp³-hybridized carbons (Fsp3) is 0.133. The van der Waals surface area contributed by atoms with Crippen molar-refractivity contribution < 1.29 is 4.79 Å². The second-order valence-electron chi connectivity index (χ2n) is 3.92. The molecule has 0 bridgehead atoms. The van der Waals surface area contributed by atoms with Crippen LogP contribution in [0.3, 0.4) is 0 Å². The average molecular weight is 251 g/mol. The monoisotopic (exact) mass is 251 g/mol. The number of benzene rings is 1. The molecule has 0 atom stereocenters. The predicted molar refractivity (Wildman–Crippen MR) is 72.7 cm³/mol. The zero-order chi connectivity index (χ0) is 13.7. The number of rotatable bonds is 3. The van der Waals surface area contributed by atoms with Gasteiger partial charge in [0.25, 0.3) is 5.91 Å². The molecule has 1 aromatic heterocycles. The molecule has 0 fully saturated rings. The standard InChI is InChI=1S/C15H13N3O/c1-2-18(13-6-4-3-5-7-13)15(19)14-11-17-9-8-12(14)10-16/h3-9,11H,2H2,1H3. The summed E-state index contributed by atoms with van der Waals surface area (Å²) in [7, 11) is 0. The number of pyridine rings is 1. The van der Waals surface area contributed by atoms with Crippen LogP contribution in [0.4, 0.5) is 5.69 Å². The van der Waals surface area contributed by atoms with Crippen molar-refractivity contribution in [2.45, 2.75) is 6.92 Å². The summed E-state index contributed by atoms with van der Waals surface area (Å²) in [6, 6.07) is 12.9. The van der Waals surface area contributed by atoms with E-state index in [0.29, 0.717) is 17.7 Å². The maximum Gasteiger partial charge on any atom is 0.261 e. The van der Waals surface area contributed by atoms with Crippen LogP contribution in [-0.4, -0.2) is 17.4 Å². The first-order chi connectivity index (χ1) is 9.27. The molecule has 1 heterocycles. The highest BCUT2D eigenvalue weighted by molar-refractivity contribution is 6.07. The lowest BCUT2D eigenvalue weighted by atomic mass is 10.1. The number of carbonyl (C=O) groups excluding carboxylic acids is 1. The Hall–Kier alpha value is -2.67. The van der Waals surface area contributed by atoms with E-state index in [0.717, 1.165) is 5.69 Å². The Balaban J connectivity index is 2.40. The van der Waals surface area contributed by atoms with Gasteiger partial charge in [0.1, 0.15) is 6.07 Å². The lowest BCUT2D eigenvalue weighted by Crippen LogP contribution is -2.31. The molecule has 0 saturated heterocycles. The summed E-state index contributed by atoms with van der Waals surface area (Å²) in [5.74, 6) is -0.210. The average Bonchev–Trinajstić information content (AvgIpc) is 2.49. The molecule has 0 aliphatic carbocycles. The van der Waals surface area contributed by atoms with E-state index < -0.39 is 0 Å². The Labute approximate surface area is 111 Å². The zero-order valence-corrected chi connectivity index (χ0v) is 10.6. The van der Waals surface area contributed by atoms with Gasteiger partial charge in [0.2, 0.25) is 0 Å². The van der Waals surface area contributed by atoms with E-state index in [9.17, 15) is 4.79 Å². The van der Waals surface area contributed by atoms with Gasteiger partial charge in [-0.05, 0) is 25.1 Å². The minimum absolute atomic E-state index is 0.210. The number of aromatic nitrogens is 1. The molecule has 2 aromatic rings. The summed E-state index contributed by atoms with van der Waals surface area (Å²) in [5.41, 5.74) is 1.48. The van der Waals surface area contributed by atoms with Crippen molar-refractivity contribution >= 4 is 11.6 Å². The number of anilines is 1. The van der Waals surface area contributed by atoms with E-state index in [1.807, 2.05) is 43.3 Å². The molecule has 19 heavy (non-hydrogen) atoms. The van der Waals surface area contributed by atoms with Gasteiger partial charge < -0.3 is 4.90 Å². The first-order valence-corrected chi connectivity index (χ1v) is 5.99. The van der Waals surface area contributed by atoms with Crippen molar-refractivity contribution in [2.24, 2.45) is 0 Å². The van der Waals surface area contributed by atoms with Crippen LogP contribution in [0.1, 0.15) is 22.8 Å². The molecule has 0 aliphatic rings. The Bertz CT molecular complexity index is 617. The van der Waals surface area contributed by atoms with Crippen LogP contribution in [0.15, 0.2) is 48.8 Å². The molecule has 4 heteroatoms. The SMILES string of the molecule is CCN(C(=O)c1cnccc1C#N)c1ccccc1. The molecule has 94 valence electrons. The first-order valence-electron chi connectivity index (χ1n) is 5.99. The molecule has 2 rings (SSSR count). The van der Waals surface area contributed by atoms with Crippen LogP contribution >= 0.6 is 0 Å². The van der Waals surface area contributed by atoms with Crippen molar-refractivity contribution in [2.75, 3.05) is 11.4 Å². The van der Waals surface area contributed by atoms with Crippen molar-refractivity contribution in [3.05, 3.63) is 59.9 Å². The van der Waals surface area contributed by atoms with Gasteiger partial charge in [-0.25, -0.2) is 0 Å². The van der Waals surface area contributed by atoms with Gasteiger partial charge in [0.15, 0.2) is 0 Å². The summed E-state index contributed by atoms with van der Waals surface area (Å²) in [6.45, 7) is 2.43. The zero-order valence-electron chi connectivity index (χ0n) is 10.6. The van der Waals surface area contributed by atoms with Gasteiger partial charge in [-0.2, -0.15) is 5.26 Å². The predicted octanol–water partition coefficient (Wildman–Crippen LogP) is 2.62. The number of nitriles is 1. The number of amides is 1. The topological polar surface area (TPSA) is 57.0 Å². The van der Waals surface area contributed by atoms with E-state index in [2.05, 4.69) is 4.98 Å². The molecule has 1 amide bonds. The molecule has 0 spiro atoms. The van der Waals surface area contributed by atoms with Crippen LogP contribution in [0.2, 0.25) is 0 Å². The number of hydrogen-bond acceptors (Lipinski definition) is 3. The summed E-state index contributed by atoms with van der Waals surface area (Å²) >= 11 is 0. The van der Waals surface area contributed by atoms with E-state index in [4.69, 9.17) is 5.26 Å². The molecule has 0 saturated carbocycles. The Morgan fingerprint density at radius 3 is 2.68 bits per heavy atom. The second-order valence-corrected chi connectivity index (χ2v) is 3.92. The Morgan fingerprint density at radius 1 is 1.32 bits per heavy atom. The van der Waals surface area contributed by atoms with Gasteiger partial charge in [-0.3, -0.25) is 9.78 Å². The third-order valence-corrected chi connectivity index (χ3v) is 2.80. The maximum atomic E-state index is 12.5. The molecule has 0 N–H and O–H groups in total. The maximum absolute atomic E-state index is 12.5. The third-order valence-electron chi connectivity index (χ3n) is 2.80. The number of para-hydroxylation sites is 1. The van der Waals surface area contributed by atoms with Crippen LogP contribution in [0.25, 0.3) is 0 Å². The minimum atomic E-state index is -0.210. The smallest absolute Gasteiger partial charge is 0.261 e. The molecule has 0 radical (unpaired) electrons. The van der Waals surface area contributed by atoms with Crippen LogP contribution < -0.4 is 4.90 Å². The number of nitrogens with zero attached hydrogens (tertiary/aromatic N) is 3. The summed E-state index contributed by atoms with van der Waals surface area (Å²) in [6.07, 6.45) is 2.95. The van der Waals surface area contributed by atoms with Crippen molar-refractivity contribution in [1.29, 1.82) is 5.26 Å². The van der Waals surface area contributed by atoms with Crippen molar-refractivity contribution in [3.8, 4) is 6.07 Å². The van der Waals surface area contributed by atoms with Crippen molar-refractivity contribution in [1.82, 2.24) is 4.98 Å². The molecule has 0 unspecified atom stereocenters. The number of carbonyl (C=O) groups is 1. The second kappa shape index (κ2) is 5.78. The van der Waals surface area contributed by atoms with Crippen LogP contribution in [0.5, 0.6) is 0 Å².